The van der Waals surface area contributed by atoms with E-state index in [9.17, 15) is 10.1 Å². The third-order valence-corrected chi connectivity index (χ3v) is 3.07. The highest BCUT2D eigenvalue weighted by Crippen LogP contribution is 2.27. The van der Waals surface area contributed by atoms with Gasteiger partial charge in [0.1, 0.15) is 5.84 Å². The largest absolute Gasteiger partial charge is 0.487 e. The van der Waals surface area contributed by atoms with Gasteiger partial charge < -0.3 is 15.7 Å². The molecule has 110 valence electrons. The van der Waals surface area contributed by atoms with Gasteiger partial charge in [-0.3, -0.25) is 10.1 Å². The lowest BCUT2D eigenvalue weighted by Crippen LogP contribution is -2.32. The molecule has 0 aromatic heterocycles. The predicted molar refractivity (Wildman–Crippen MR) is 75.0 cm³/mol. The van der Waals surface area contributed by atoms with Crippen molar-refractivity contribution in [2.24, 2.45) is 16.3 Å². The minimum Gasteiger partial charge on any atom is -0.487 e. The summed E-state index contributed by atoms with van der Waals surface area (Å²) >= 11 is 0. The van der Waals surface area contributed by atoms with Crippen LogP contribution in [0.1, 0.15) is 26.7 Å². The molecule has 1 rings (SSSR count). The number of amidine groups is 1. The zero-order chi connectivity index (χ0) is 15.2. The van der Waals surface area contributed by atoms with Crippen molar-refractivity contribution in [1.29, 1.82) is 0 Å². The molecule has 1 aromatic carbocycles. The SMILES string of the molecule is CC(C)(CCCOc1ccccc1[N+](=O)[O-])C(N)=NO. The highest BCUT2D eigenvalue weighted by atomic mass is 16.6. The summed E-state index contributed by atoms with van der Waals surface area (Å²) in [6.45, 7) is 4.03. The number of hydrogen-bond donors (Lipinski definition) is 2. The first-order valence-electron chi connectivity index (χ1n) is 6.22. The maximum Gasteiger partial charge on any atom is 0.310 e. The number of rotatable bonds is 7. The molecule has 0 saturated heterocycles. The summed E-state index contributed by atoms with van der Waals surface area (Å²) in [6, 6.07) is 6.23. The summed E-state index contributed by atoms with van der Waals surface area (Å²) in [7, 11) is 0. The van der Waals surface area contributed by atoms with Crippen molar-refractivity contribution in [3.63, 3.8) is 0 Å². The van der Waals surface area contributed by atoms with E-state index >= 15 is 0 Å². The molecule has 3 N–H and O–H groups in total. The van der Waals surface area contributed by atoms with Crippen LogP contribution in [0.25, 0.3) is 0 Å². The maximum atomic E-state index is 10.8. The Kier molecular flexibility index (Phi) is 5.31. The molecule has 0 saturated carbocycles. The average Bonchev–Trinajstić information content (AvgIpc) is 2.42. The van der Waals surface area contributed by atoms with Crippen molar-refractivity contribution < 1.29 is 14.9 Å². The molecule has 0 aliphatic carbocycles. The number of ether oxygens (including phenoxy) is 1. The minimum absolute atomic E-state index is 0.0526. The van der Waals surface area contributed by atoms with Gasteiger partial charge in [0, 0.05) is 11.5 Å². The van der Waals surface area contributed by atoms with E-state index in [2.05, 4.69) is 5.16 Å². The molecule has 0 unspecified atom stereocenters. The average molecular weight is 281 g/mol. The smallest absolute Gasteiger partial charge is 0.310 e. The van der Waals surface area contributed by atoms with E-state index in [0.29, 0.717) is 19.4 Å². The number of oxime groups is 1. The lowest BCUT2D eigenvalue weighted by atomic mass is 9.87. The maximum absolute atomic E-state index is 10.8. The number of hydrogen-bond acceptors (Lipinski definition) is 5. The van der Waals surface area contributed by atoms with Crippen LogP contribution in [0.2, 0.25) is 0 Å². The molecule has 0 bridgehead atoms. The van der Waals surface area contributed by atoms with Crippen molar-refractivity contribution in [3.05, 3.63) is 34.4 Å². The molecule has 0 atom stereocenters. The second-order valence-corrected chi connectivity index (χ2v) is 5.05. The first kappa shape index (κ1) is 15.7. The van der Waals surface area contributed by atoms with E-state index in [1.165, 1.54) is 6.07 Å². The molecular weight excluding hydrogens is 262 g/mol. The van der Waals surface area contributed by atoms with Crippen molar-refractivity contribution in [2.75, 3.05) is 6.61 Å². The highest BCUT2D eigenvalue weighted by molar-refractivity contribution is 5.85. The highest BCUT2D eigenvalue weighted by Gasteiger charge is 2.23. The summed E-state index contributed by atoms with van der Waals surface area (Å²) < 4.78 is 5.42. The third kappa shape index (κ3) is 4.11. The number of para-hydroxylation sites is 2. The molecule has 0 fully saturated rings. The molecule has 0 amide bonds. The van der Waals surface area contributed by atoms with Crippen LogP contribution in [0.4, 0.5) is 5.69 Å². The summed E-state index contributed by atoms with van der Waals surface area (Å²) in [4.78, 5) is 10.3. The van der Waals surface area contributed by atoms with Crippen LogP contribution >= 0.6 is 0 Å². The predicted octanol–water partition coefficient (Wildman–Crippen LogP) is 2.53. The van der Waals surface area contributed by atoms with E-state index in [0.717, 1.165) is 0 Å². The molecular formula is C13H19N3O4. The van der Waals surface area contributed by atoms with Gasteiger partial charge in [0.25, 0.3) is 0 Å². The fourth-order valence-corrected chi connectivity index (χ4v) is 1.69. The van der Waals surface area contributed by atoms with Gasteiger partial charge in [-0.1, -0.05) is 31.1 Å². The Hall–Kier alpha value is -2.31. The lowest BCUT2D eigenvalue weighted by Gasteiger charge is -2.22. The van der Waals surface area contributed by atoms with Crippen molar-refractivity contribution in [2.45, 2.75) is 26.7 Å². The Morgan fingerprint density at radius 3 is 2.75 bits per heavy atom. The molecule has 0 aliphatic rings. The Bertz CT molecular complexity index is 500. The van der Waals surface area contributed by atoms with E-state index in [1.54, 1.807) is 18.2 Å². The normalized spacial score (nSPS) is 12.2. The van der Waals surface area contributed by atoms with Crippen LogP contribution in [0, 0.1) is 15.5 Å². The van der Waals surface area contributed by atoms with Crippen LogP contribution in [-0.4, -0.2) is 22.6 Å². The van der Waals surface area contributed by atoms with Crippen LogP contribution in [0.5, 0.6) is 5.75 Å². The molecule has 20 heavy (non-hydrogen) atoms. The zero-order valence-electron chi connectivity index (χ0n) is 11.6. The zero-order valence-corrected chi connectivity index (χ0v) is 11.6. The Balaban J connectivity index is 2.52. The van der Waals surface area contributed by atoms with Crippen molar-refractivity contribution in [3.8, 4) is 5.75 Å². The van der Waals surface area contributed by atoms with E-state index < -0.39 is 10.3 Å². The van der Waals surface area contributed by atoms with Gasteiger partial charge in [-0.2, -0.15) is 0 Å². The van der Waals surface area contributed by atoms with Gasteiger partial charge >= 0.3 is 5.69 Å². The Labute approximate surface area is 117 Å². The van der Waals surface area contributed by atoms with Gasteiger partial charge in [-0.25, -0.2) is 0 Å². The second kappa shape index (κ2) is 6.74. The second-order valence-electron chi connectivity index (χ2n) is 5.05. The Morgan fingerprint density at radius 2 is 2.15 bits per heavy atom. The van der Waals surface area contributed by atoms with E-state index in [1.807, 2.05) is 13.8 Å². The third-order valence-electron chi connectivity index (χ3n) is 3.07. The number of benzene rings is 1. The summed E-state index contributed by atoms with van der Waals surface area (Å²) in [6.07, 6.45) is 1.28. The van der Waals surface area contributed by atoms with Gasteiger partial charge in [-0.05, 0) is 18.9 Å². The first-order chi connectivity index (χ1) is 9.38. The fourth-order valence-electron chi connectivity index (χ4n) is 1.69. The topological polar surface area (TPSA) is 111 Å². The van der Waals surface area contributed by atoms with Crippen molar-refractivity contribution >= 4 is 11.5 Å². The van der Waals surface area contributed by atoms with Gasteiger partial charge in [0.05, 0.1) is 11.5 Å². The van der Waals surface area contributed by atoms with Crippen LogP contribution in [0.15, 0.2) is 29.4 Å². The molecule has 0 radical (unpaired) electrons. The van der Waals surface area contributed by atoms with Gasteiger partial charge in [-0.15, -0.1) is 0 Å². The van der Waals surface area contributed by atoms with Crippen LogP contribution in [-0.2, 0) is 0 Å². The molecule has 7 heteroatoms. The molecule has 7 nitrogen and oxygen atoms in total. The minimum atomic E-state index is -0.477. The van der Waals surface area contributed by atoms with Crippen LogP contribution in [0.3, 0.4) is 0 Å². The summed E-state index contributed by atoms with van der Waals surface area (Å²) in [5.41, 5.74) is 5.08. The van der Waals surface area contributed by atoms with Gasteiger partial charge in [0.15, 0.2) is 5.75 Å². The molecule has 0 heterocycles. The quantitative estimate of drug-likeness (QED) is 0.199. The lowest BCUT2D eigenvalue weighted by molar-refractivity contribution is -0.385. The Morgan fingerprint density at radius 1 is 1.50 bits per heavy atom. The van der Waals surface area contributed by atoms with Crippen LogP contribution < -0.4 is 10.5 Å². The first-order valence-corrected chi connectivity index (χ1v) is 6.22. The standard InChI is InChI=1S/C13H19N3O4/c1-13(2,12(14)15-17)8-5-9-20-11-7-4-3-6-10(11)16(18)19/h3-4,6-7,17H,5,8-9H2,1-2H3,(H2,14,15). The van der Waals surface area contributed by atoms with E-state index in [-0.39, 0.29) is 17.3 Å². The van der Waals surface area contributed by atoms with Crippen molar-refractivity contribution in [1.82, 2.24) is 0 Å². The fraction of sp³-hybridized carbons (Fsp3) is 0.462. The summed E-state index contributed by atoms with van der Waals surface area (Å²) in [5.74, 6) is 0.405. The summed E-state index contributed by atoms with van der Waals surface area (Å²) in [5, 5.41) is 22.5. The number of nitrogens with two attached hydrogens (primary N) is 1. The molecule has 0 spiro atoms. The monoisotopic (exact) mass is 281 g/mol. The molecule has 0 aliphatic heterocycles. The molecule has 1 aromatic rings. The number of nitro benzene ring substituents is 1. The number of nitro groups is 1. The van der Waals surface area contributed by atoms with Gasteiger partial charge in [0.2, 0.25) is 0 Å². The van der Waals surface area contributed by atoms with E-state index in [4.69, 9.17) is 15.7 Å². The number of nitrogens with zero attached hydrogens (tertiary/aromatic N) is 2.